The van der Waals surface area contributed by atoms with Crippen molar-refractivity contribution in [3.63, 3.8) is 0 Å². The van der Waals surface area contributed by atoms with Crippen LogP contribution < -0.4 is 0 Å². The largest absolute Gasteiger partial charge is 0.459 e. The van der Waals surface area contributed by atoms with Gasteiger partial charge in [0.05, 0.1) is 53.6 Å². The van der Waals surface area contributed by atoms with Crippen molar-refractivity contribution in [2.24, 2.45) is 28.8 Å². The molecule has 0 saturated carbocycles. The average Bonchev–Trinajstić information content (AvgIpc) is 3.04. The Kier molecular flexibility index (Phi) is 13.2. The summed E-state index contributed by atoms with van der Waals surface area (Å²) in [5.41, 5.74) is -3.46. The zero-order valence-electron chi connectivity index (χ0n) is 29.5. The number of esters is 1. The normalized spacial score (nSPS) is 43.5. The fourth-order valence-electron chi connectivity index (χ4n) is 7.50. The van der Waals surface area contributed by atoms with Crippen LogP contribution in [0.2, 0.25) is 0 Å². The molecule has 3 rings (SSSR count). The minimum Gasteiger partial charge on any atom is -0.459 e. The van der Waals surface area contributed by atoms with E-state index in [2.05, 4.69) is 10.2 Å². The van der Waals surface area contributed by atoms with E-state index in [1.165, 1.54) is 31.9 Å². The van der Waals surface area contributed by atoms with Gasteiger partial charge in [-0.15, -0.1) is 0 Å². The number of carbonyl (C=O) groups is 2. The smallest absolute Gasteiger partial charge is 0.311 e. The van der Waals surface area contributed by atoms with Crippen molar-refractivity contribution in [1.82, 2.24) is 9.88 Å². The van der Waals surface area contributed by atoms with Crippen molar-refractivity contribution < 1.29 is 49.3 Å². The summed E-state index contributed by atoms with van der Waals surface area (Å²) in [4.78, 5) is 44.2. The number of cyclic esters (lactones) is 1. The van der Waals surface area contributed by atoms with Crippen molar-refractivity contribution in [1.29, 1.82) is 0 Å². The van der Waals surface area contributed by atoms with Crippen LogP contribution in [0.3, 0.4) is 0 Å². The number of hydrogen-bond acceptors (Lipinski definition) is 13. The number of carbonyl (C=O) groups excluding carboxylic acids is 2. The third kappa shape index (κ3) is 8.40. The van der Waals surface area contributed by atoms with Gasteiger partial charge in [0, 0.05) is 31.3 Å². The van der Waals surface area contributed by atoms with Crippen molar-refractivity contribution in [2.75, 3.05) is 7.05 Å². The van der Waals surface area contributed by atoms with E-state index in [1.54, 1.807) is 60.0 Å². The summed E-state index contributed by atoms with van der Waals surface area (Å²) in [6, 6.07) is 1.39. The van der Waals surface area contributed by atoms with Crippen LogP contribution in [0.25, 0.3) is 0 Å². The highest BCUT2D eigenvalue weighted by Gasteiger charge is 2.52. The molecule has 3 heterocycles. The average molecular weight is 682 g/mol. The van der Waals surface area contributed by atoms with Gasteiger partial charge in [-0.1, -0.05) is 32.9 Å². The second-order valence-corrected chi connectivity index (χ2v) is 14.5. The van der Waals surface area contributed by atoms with Gasteiger partial charge in [0.25, 0.3) is 5.91 Å². The van der Waals surface area contributed by atoms with Gasteiger partial charge < -0.3 is 44.6 Å². The zero-order chi connectivity index (χ0) is 36.3. The van der Waals surface area contributed by atoms with Gasteiger partial charge in [-0.3, -0.25) is 14.6 Å². The Bertz CT molecular complexity index is 1230. The lowest BCUT2D eigenvalue weighted by atomic mass is 9.72. The molecule has 2 fully saturated rings. The second-order valence-electron chi connectivity index (χ2n) is 14.5. The molecule has 48 heavy (non-hydrogen) atoms. The number of aliphatic hydroxyl groups is 5. The summed E-state index contributed by atoms with van der Waals surface area (Å²) >= 11 is 0. The Morgan fingerprint density at radius 1 is 1.10 bits per heavy atom. The summed E-state index contributed by atoms with van der Waals surface area (Å²) in [5.74, 6) is -4.97. The first kappa shape index (κ1) is 39.8. The standard InChI is InChI=1S/C34H55N3O11/c1-10-24-34(8,44)28(40)19(4)25(36-45)17(2)15-33(7,43)29(20(5)26(38)21(6)31(42)47-24)48-32-27(39)23(14-18(3)46-32)37(9)30(41)22-12-11-13-35-16-22/h11-13,16-21,23-29,32,38-40,43-44H,10,14-15H2,1-9H3/t17-,18-,19+,20+,21-,23+,24-,25?,26+,27-,28-,29-,32+,33?,34-/m1/s1. The van der Waals surface area contributed by atoms with Gasteiger partial charge in [0.2, 0.25) is 0 Å². The van der Waals surface area contributed by atoms with Crippen LogP contribution in [0.5, 0.6) is 0 Å². The molecule has 272 valence electrons. The van der Waals surface area contributed by atoms with Crippen LogP contribution in [0, 0.1) is 28.6 Å². The third-order valence-electron chi connectivity index (χ3n) is 10.5. The van der Waals surface area contributed by atoms with Crippen LogP contribution in [0.4, 0.5) is 0 Å². The number of amides is 1. The number of aromatic nitrogens is 1. The maximum Gasteiger partial charge on any atom is 0.311 e. The van der Waals surface area contributed by atoms with E-state index < -0.39 is 95.8 Å². The molecule has 2 aliphatic heterocycles. The molecule has 0 bridgehead atoms. The number of aliphatic hydroxyl groups excluding tert-OH is 3. The van der Waals surface area contributed by atoms with E-state index in [1.807, 2.05) is 0 Å². The molecule has 1 aromatic heterocycles. The monoisotopic (exact) mass is 681 g/mol. The number of nitrogens with zero attached hydrogens (tertiary/aromatic N) is 3. The first-order valence-corrected chi connectivity index (χ1v) is 16.8. The van der Waals surface area contributed by atoms with E-state index in [0.29, 0.717) is 5.56 Å². The van der Waals surface area contributed by atoms with E-state index >= 15 is 0 Å². The van der Waals surface area contributed by atoms with Crippen molar-refractivity contribution >= 4 is 11.9 Å². The fraction of sp³-hybridized carbons (Fsp3) is 0.794. The van der Waals surface area contributed by atoms with Crippen molar-refractivity contribution in [3.05, 3.63) is 35.0 Å². The Hall–Kier alpha value is -2.59. The minimum atomic E-state index is -1.96. The number of hydrogen-bond donors (Lipinski definition) is 5. The zero-order valence-corrected chi connectivity index (χ0v) is 29.5. The van der Waals surface area contributed by atoms with Gasteiger partial charge in [-0.2, -0.15) is 4.91 Å². The van der Waals surface area contributed by atoms with Gasteiger partial charge >= 0.3 is 5.97 Å². The highest BCUT2D eigenvalue weighted by molar-refractivity contribution is 5.93. The molecular weight excluding hydrogens is 626 g/mol. The van der Waals surface area contributed by atoms with Crippen LogP contribution in [-0.4, -0.2) is 121 Å². The van der Waals surface area contributed by atoms with Gasteiger partial charge in [0.1, 0.15) is 17.8 Å². The molecule has 0 aliphatic carbocycles. The highest BCUT2D eigenvalue weighted by Crippen LogP contribution is 2.39. The minimum absolute atomic E-state index is 0.123. The molecule has 1 aromatic rings. The topological polar surface area (TPSA) is 209 Å². The van der Waals surface area contributed by atoms with E-state index in [4.69, 9.17) is 14.2 Å². The molecule has 1 amide bonds. The molecule has 2 saturated heterocycles. The Labute approximate surface area is 282 Å². The Morgan fingerprint density at radius 3 is 2.31 bits per heavy atom. The first-order chi connectivity index (χ1) is 22.3. The first-order valence-electron chi connectivity index (χ1n) is 16.8. The molecule has 15 atom stereocenters. The lowest BCUT2D eigenvalue weighted by Gasteiger charge is -2.47. The molecule has 2 unspecified atom stereocenters. The van der Waals surface area contributed by atoms with Crippen LogP contribution in [0.15, 0.2) is 29.7 Å². The number of likely N-dealkylation sites (N-methyl/N-ethyl adjacent to an activating group) is 1. The Morgan fingerprint density at radius 2 is 1.75 bits per heavy atom. The van der Waals surface area contributed by atoms with Crippen LogP contribution in [0.1, 0.15) is 85.0 Å². The van der Waals surface area contributed by atoms with E-state index in [-0.39, 0.29) is 25.2 Å². The highest BCUT2D eigenvalue weighted by atomic mass is 16.7. The molecule has 14 heteroatoms. The number of ether oxygens (including phenoxy) is 3. The second kappa shape index (κ2) is 16.0. The predicted octanol–water partition coefficient (Wildman–Crippen LogP) is 2.03. The van der Waals surface area contributed by atoms with Gasteiger partial charge in [-0.05, 0) is 65.0 Å². The van der Waals surface area contributed by atoms with Gasteiger partial charge in [0.15, 0.2) is 6.29 Å². The Balaban J connectivity index is 2.02. The van der Waals surface area contributed by atoms with Crippen molar-refractivity contribution in [2.45, 2.75) is 141 Å². The lowest BCUT2D eigenvalue weighted by Crippen LogP contribution is -2.61. The number of nitroso groups, excluding NO2 is 1. The van der Waals surface area contributed by atoms with Crippen LogP contribution >= 0.6 is 0 Å². The SMILES string of the molecule is CC[C@H]1OC(=O)[C@H](C)[C@@H](O)[C@H](C)[C@@H](O[C@@H]2O[C@H](C)C[C@H](N(C)C(=O)c3cccnc3)[C@H]2O)C(C)(O)C[C@@H](C)C(N=O)[C@H](C)[C@@H](O)[C@]1(C)O. The summed E-state index contributed by atoms with van der Waals surface area (Å²) in [5, 5.41) is 61.1. The quantitative estimate of drug-likeness (QED) is 0.216. The summed E-state index contributed by atoms with van der Waals surface area (Å²) in [6.45, 7) is 12.4. The maximum atomic E-state index is 13.4. The summed E-state index contributed by atoms with van der Waals surface area (Å²) in [7, 11) is 1.56. The lowest BCUT2D eigenvalue weighted by molar-refractivity contribution is -0.298. The number of pyridine rings is 1. The van der Waals surface area contributed by atoms with Crippen LogP contribution in [-0.2, 0) is 19.0 Å². The molecular formula is C34H55N3O11. The summed E-state index contributed by atoms with van der Waals surface area (Å²) < 4.78 is 18.0. The van der Waals surface area contributed by atoms with Gasteiger partial charge in [-0.25, -0.2) is 0 Å². The molecule has 5 N–H and O–H groups in total. The maximum absolute atomic E-state index is 13.4. The number of rotatable bonds is 6. The molecule has 0 aromatic carbocycles. The third-order valence-corrected chi connectivity index (χ3v) is 10.5. The van der Waals surface area contributed by atoms with Crippen molar-refractivity contribution in [3.8, 4) is 0 Å². The predicted molar refractivity (Wildman–Crippen MR) is 174 cm³/mol. The molecule has 0 radical (unpaired) electrons. The molecule has 0 spiro atoms. The van der Waals surface area contributed by atoms with E-state index in [0.717, 1.165) is 0 Å². The summed E-state index contributed by atoms with van der Waals surface area (Å²) in [6.07, 6.45) is -5.47. The molecule has 2 aliphatic rings. The fourth-order valence-corrected chi connectivity index (χ4v) is 7.50. The van der Waals surface area contributed by atoms with E-state index in [9.17, 15) is 40.0 Å². The molecule has 14 nitrogen and oxygen atoms in total.